The van der Waals surface area contributed by atoms with Crippen molar-refractivity contribution >= 4 is 5.97 Å². The Hall–Kier alpha value is -4.28. The molecule has 0 spiro atoms. The number of pyridine rings is 1. The van der Waals surface area contributed by atoms with Crippen molar-refractivity contribution in [2.75, 3.05) is 26.9 Å². The number of aromatic carboxylic acids is 1. The van der Waals surface area contributed by atoms with E-state index in [1.165, 1.54) is 35.2 Å². The van der Waals surface area contributed by atoms with E-state index in [1.54, 1.807) is 30.3 Å². The number of methoxy groups -OCH3 is 1. The quantitative estimate of drug-likeness (QED) is 0.326. The number of carboxylic acids is 1. The topological polar surface area (TPSA) is 98.9 Å². The third-order valence-electron chi connectivity index (χ3n) is 7.75. The molecule has 2 aliphatic rings. The van der Waals surface area contributed by atoms with Crippen molar-refractivity contribution in [3.8, 4) is 28.7 Å². The number of hydrogen-bond acceptors (Lipinski definition) is 7. The number of aromatic nitrogens is 3. The maximum Gasteiger partial charge on any atom is 0.342 e. The van der Waals surface area contributed by atoms with Gasteiger partial charge < -0.3 is 19.3 Å². The summed E-state index contributed by atoms with van der Waals surface area (Å²) in [5, 5.41) is 13.6. The summed E-state index contributed by atoms with van der Waals surface area (Å²) in [4.78, 5) is 18.7. The molecule has 2 aromatic carbocycles. The number of carboxylic acid groups (broad SMARTS) is 1. The Morgan fingerprint density at radius 2 is 1.95 bits per heavy atom. The molecule has 6 rings (SSSR count). The molecule has 0 saturated carbocycles. The van der Waals surface area contributed by atoms with Gasteiger partial charge in [-0.25, -0.2) is 14.2 Å². The molecule has 0 bridgehead atoms. The Bertz CT molecular complexity index is 1570. The van der Waals surface area contributed by atoms with Gasteiger partial charge in [-0.15, -0.1) is 0 Å². The molecule has 9 nitrogen and oxygen atoms in total. The number of para-hydroxylation sites is 1. The molecule has 0 aliphatic carbocycles. The Morgan fingerprint density at radius 1 is 1.12 bits per heavy atom. The average Bonchev–Trinajstić information content (AvgIpc) is 3.45. The number of halogens is 1. The van der Waals surface area contributed by atoms with Gasteiger partial charge in [0.1, 0.15) is 12.2 Å². The predicted octanol–water partition coefficient (Wildman–Crippen LogP) is 4.90. The zero-order valence-electron chi connectivity index (χ0n) is 22.8. The summed E-state index contributed by atoms with van der Waals surface area (Å²) in [6.45, 7) is 3.85. The van der Waals surface area contributed by atoms with Gasteiger partial charge in [-0.2, -0.15) is 9.78 Å². The first-order valence-corrected chi connectivity index (χ1v) is 13.7. The van der Waals surface area contributed by atoms with Crippen molar-refractivity contribution in [2.45, 2.75) is 38.5 Å². The highest BCUT2D eigenvalue weighted by Gasteiger charge is 2.25. The minimum Gasteiger partial charge on any atom is -0.485 e. The fourth-order valence-corrected chi connectivity index (χ4v) is 5.63. The van der Waals surface area contributed by atoms with Crippen LogP contribution in [0.4, 0.5) is 4.39 Å². The smallest absolute Gasteiger partial charge is 0.342 e. The number of nitrogens with zero attached hydrogens (tertiary/aromatic N) is 4. The number of rotatable bonds is 8. The number of fused-ring (bicyclic) bond motifs is 1. The Balaban J connectivity index is 1.21. The van der Waals surface area contributed by atoms with Crippen LogP contribution in [0.3, 0.4) is 0 Å². The molecule has 4 heterocycles. The van der Waals surface area contributed by atoms with E-state index in [0.717, 1.165) is 51.1 Å². The van der Waals surface area contributed by atoms with E-state index in [4.69, 9.17) is 14.2 Å². The number of hydrogen-bond donors (Lipinski definition) is 1. The van der Waals surface area contributed by atoms with E-state index in [-0.39, 0.29) is 23.8 Å². The molecule has 0 atom stereocenters. The second-order valence-corrected chi connectivity index (χ2v) is 10.2. The van der Waals surface area contributed by atoms with Gasteiger partial charge in [0, 0.05) is 37.9 Å². The molecule has 1 N–H and O–H groups in total. The highest BCUT2D eigenvalue weighted by Crippen LogP contribution is 2.33. The Kier molecular flexibility index (Phi) is 7.67. The van der Waals surface area contributed by atoms with Gasteiger partial charge in [0.15, 0.2) is 17.4 Å². The highest BCUT2D eigenvalue weighted by atomic mass is 19.1. The molecule has 4 aromatic rings. The van der Waals surface area contributed by atoms with Crippen LogP contribution in [-0.4, -0.2) is 63.7 Å². The Labute approximate surface area is 237 Å². The lowest BCUT2D eigenvalue weighted by Gasteiger charge is -2.37. The molecule has 2 aromatic heterocycles. The maximum absolute atomic E-state index is 15.1. The van der Waals surface area contributed by atoms with Crippen LogP contribution < -0.4 is 9.47 Å². The van der Waals surface area contributed by atoms with E-state index >= 15 is 4.39 Å². The van der Waals surface area contributed by atoms with Crippen molar-refractivity contribution in [1.82, 2.24) is 19.7 Å². The van der Waals surface area contributed by atoms with E-state index in [9.17, 15) is 9.90 Å². The molecule has 1 fully saturated rings. The van der Waals surface area contributed by atoms with E-state index in [1.807, 2.05) is 0 Å². The molecule has 0 radical (unpaired) electrons. The first-order valence-electron chi connectivity index (χ1n) is 13.7. The maximum atomic E-state index is 15.1. The lowest BCUT2D eigenvalue weighted by atomic mass is 9.95. The number of ether oxygens (including phenoxy) is 3. The fraction of sp³-hybridized carbons (Fsp3) is 0.323. The standard InChI is InChI=1S/C31H31FN4O5/c1-39-30-25(31(37)38)17-33-36(30)28-7-3-6-27(34-28)24-4-2-5-26(32)29(24)41-19-20-8-9-22-18-35(13-10-21(22)16-20)23-11-14-40-15-12-23/h2-9,16-17,23H,10-15,18-19H2,1H3,(H,37,38). The second kappa shape index (κ2) is 11.7. The van der Waals surface area contributed by atoms with Crippen LogP contribution in [-0.2, 0) is 24.3 Å². The van der Waals surface area contributed by atoms with Crippen LogP contribution >= 0.6 is 0 Å². The van der Waals surface area contributed by atoms with Gasteiger partial charge in [0.05, 0.1) is 19.0 Å². The zero-order valence-corrected chi connectivity index (χ0v) is 22.8. The molecule has 0 unspecified atom stereocenters. The van der Waals surface area contributed by atoms with Gasteiger partial charge in [-0.3, -0.25) is 4.90 Å². The van der Waals surface area contributed by atoms with Gasteiger partial charge in [0.2, 0.25) is 5.88 Å². The zero-order chi connectivity index (χ0) is 28.3. The van der Waals surface area contributed by atoms with Crippen molar-refractivity contribution in [2.24, 2.45) is 0 Å². The van der Waals surface area contributed by atoms with Crippen molar-refractivity contribution in [3.05, 3.63) is 88.9 Å². The number of carbonyl (C=O) groups is 1. The molecule has 41 heavy (non-hydrogen) atoms. The summed E-state index contributed by atoms with van der Waals surface area (Å²) in [5.74, 6) is -1.19. The third kappa shape index (κ3) is 5.53. The van der Waals surface area contributed by atoms with E-state index < -0.39 is 11.8 Å². The first-order chi connectivity index (χ1) is 20.0. The highest BCUT2D eigenvalue weighted by molar-refractivity contribution is 5.90. The van der Waals surface area contributed by atoms with Gasteiger partial charge >= 0.3 is 5.97 Å². The second-order valence-electron chi connectivity index (χ2n) is 10.2. The van der Waals surface area contributed by atoms with Crippen molar-refractivity contribution < 1.29 is 28.5 Å². The summed E-state index contributed by atoms with van der Waals surface area (Å²) in [6.07, 6.45) is 4.35. The van der Waals surface area contributed by atoms with Crippen LogP contribution in [0.5, 0.6) is 11.6 Å². The van der Waals surface area contributed by atoms with Crippen LogP contribution in [0.25, 0.3) is 17.1 Å². The molecule has 212 valence electrons. The summed E-state index contributed by atoms with van der Waals surface area (Å²) in [7, 11) is 1.37. The van der Waals surface area contributed by atoms with Crippen molar-refractivity contribution in [1.29, 1.82) is 0 Å². The largest absolute Gasteiger partial charge is 0.485 e. The average molecular weight is 559 g/mol. The molecule has 2 aliphatic heterocycles. The summed E-state index contributed by atoms with van der Waals surface area (Å²) in [6, 6.07) is 16.8. The lowest BCUT2D eigenvalue weighted by molar-refractivity contribution is 0.0290. The summed E-state index contributed by atoms with van der Waals surface area (Å²) in [5.41, 5.74) is 4.45. The van der Waals surface area contributed by atoms with E-state index in [2.05, 4.69) is 33.2 Å². The summed E-state index contributed by atoms with van der Waals surface area (Å²) >= 11 is 0. The minimum atomic E-state index is -1.16. The Morgan fingerprint density at radius 3 is 2.76 bits per heavy atom. The minimum absolute atomic E-state index is 0.0427. The predicted molar refractivity (Wildman–Crippen MR) is 149 cm³/mol. The molecule has 10 heteroatoms. The van der Waals surface area contributed by atoms with Crippen molar-refractivity contribution in [3.63, 3.8) is 0 Å². The van der Waals surface area contributed by atoms with Crippen LogP contribution in [0.2, 0.25) is 0 Å². The molecular formula is C31H31FN4O5. The fourth-order valence-electron chi connectivity index (χ4n) is 5.63. The van der Waals surface area contributed by atoms with Crippen LogP contribution in [0, 0.1) is 5.82 Å². The molecule has 0 amide bonds. The third-order valence-corrected chi connectivity index (χ3v) is 7.75. The van der Waals surface area contributed by atoms with Gasteiger partial charge in [-0.1, -0.05) is 30.3 Å². The number of benzene rings is 2. The van der Waals surface area contributed by atoms with Crippen LogP contribution in [0.1, 0.15) is 39.9 Å². The molecule has 1 saturated heterocycles. The van der Waals surface area contributed by atoms with E-state index in [0.29, 0.717) is 23.1 Å². The normalized spacial score (nSPS) is 15.9. The molecular weight excluding hydrogens is 527 g/mol. The lowest BCUT2D eigenvalue weighted by Crippen LogP contribution is -2.42. The SMILES string of the molecule is COc1c(C(=O)O)cnn1-c1cccc(-c2cccc(F)c2OCc2ccc3c(c2)CCN(C2CCOCC2)C3)n1. The first kappa shape index (κ1) is 26.9. The van der Waals surface area contributed by atoms with Crippen LogP contribution in [0.15, 0.2) is 60.8 Å². The van der Waals surface area contributed by atoms with Gasteiger partial charge in [0.25, 0.3) is 0 Å². The van der Waals surface area contributed by atoms with Gasteiger partial charge in [-0.05, 0) is 60.2 Å². The monoisotopic (exact) mass is 558 g/mol. The summed E-state index contributed by atoms with van der Waals surface area (Å²) < 4.78 is 33.3.